The molecule has 0 N–H and O–H groups in total. The van der Waals surface area contributed by atoms with Crippen molar-refractivity contribution in [2.75, 3.05) is 13.2 Å². The Balaban J connectivity index is 6.22. The van der Waals surface area contributed by atoms with Crippen molar-refractivity contribution in [1.29, 1.82) is 0 Å². The van der Waals surface area contributed by atoms with Crippen LogP contribution in [0.1, 0.15) is 221 Å². The molecule has 47 heavy (non-hydrogen) atoms. The fourth-order valence-corrected chi connectivity index (χ4v) is 44.9. The van der Waals surface area contributed by atoms with Gasteiger partial charge in [-0.1, -0.05) is 0 Å². The first kappa shape index (κ1) is 48.4. The van der Waals surface area contributed by atoms with E-state index in [9.17, 15) is 0 Å². The summed E-state index contributed by atoms with van der Waals surface area (Å²) in [7, 11) is 0. The van der Waals surface area contributed by atoms with Gasteiger partial charge < -0.3 is 0 Å². The summed E-state index contributed by atoms with van der Waals surface area (Å²) in [5, 5.41) is 0. The van der Waals surface area contributed by atoms with Crippen molar-refractivity contribution in [3.63, 3.8) is 0 Å². The zero-order valence-corrected chi connectivity index (χ0v) is 38.8. The van der Waals surface area contributed by atoms with Crippen LogP contribution in [0.25, 0.3) is 0 Å². The minimum atomic E-state index is -3.69. The summed E-state index contributed by atoms with van der Waals surface area (Å²) in [4.78, 5) is 12.3. The minimum absolute atomic E-state index is 0.677. The van der Waals surface area contributed by atoms with E-state index in [4.69, 9.17) is 17.6 Å². The Kier molecular flexibility index (Phi) is 38.3. The molecule has 0 unspecified atom stereocenters. The Hall–Kier alpha value is 1.40. The molecule has 0 heterocycles. The Morgan fingerprint density at radius 1 is 0.277 bits per heavy atom. The molecule has 7 heteroatoms. The molecular weight excluding hydrogens is 798 g/mol. The van der Waals surface area contributed by atoms with Crippen LogP contribution in [0, 0.1) is 0 Å². The summed E-state index contributed by atoms with van der Waals surface area (Å²) in [6.45, 7) is 15.0. The maximum absolute atomic E-state index is 7.82. The molecule has 0 aliphatic heterocycles. The molecule has 284 valence electrons. The van der Waals surface area contributed by atoms with Crippen molar-refractivity contribution in [2.24, 2.45) is 0 Å². The molecule has 0 saturated heterocycles. The average Bonchev–Trinajstić information content (AvgIpc) is 3.08. The van der Waals surface area contributed by atoms with E-state index in [1.807, 2.05) is 0 Å². The first-order valence-corrected chi connectivity index (χ1v) is 34.1. The fraction of sp³-hybridized carbons (Fsp3) is 1.00. The van der Waals surface area contributed by atoms with Crippen LogP contribution in [-0.4, -0.2) is 51.6 Å². The predicted molar refractivity (Wildman–Crippen MR) is 209 cm³/mol. The van der Waals surface area contributed by atoms with E-state index in [2.05, 4.69) is 41.5 Å². The molecular formula is C40H86O5Sn2. The van der Waals surface area contributed by atoms with Gasteiger partial charge in [0.05, 0.1) is 0 Å². The molecule has 0 aliphatic carbocycles. The molecule has 0 aromatic rings. The number of hydrogen-bond donors (Lipinski definition) is 0. The van der Waals surface area contributed by atoms with Gasteiger partial charge in [0, 0.05) is 0 Å². The zero-order valence-electron chi connectivity index (χ0n) is 33.1. The Morgan fingerprint density at radius 3 is 0.766 bits per heavy atom. The molecule has 0 amide bonds. The first-order valence-electron chi connectivity index (χ1n) is 21.4. The molecule has 0 bridgehead atoms. The second-order valence-corrected chi connectivity index (χ2v) is 36.1. The third-order valence-corrected chi connectivity index (χ3v) is 41.1. The van der Waals surface area contributed by atoms with Gasteiger partial charge in [0.2, 0.25) is 0 Å². The summed E-state index contributed by atoms with van der Waals surface area (Å²) < 4.78 is 25.8. The summed E-state index contributed by atoms with van der Waals surface area (Å²) in [5.41, 5.74) is 0. The monoisotopic (exact) mass is 886 g/mol. The van der Waals surface area contributed by atoms with Crippen molar-refractivity contribution in [3.05, 3.63) is 0 Å². The van der Waals surface area contributed by atoms with Gasteiger partial charge in [-0.2, -0.15) is 0 Å². The van der Waals surface area contributed by atoms with Gasteiger partial charge >= 0.3 is 308 Å². The van der Waals surface area contributed by atoms with Crippen molar-refractivity contribution >= 4 is 38.4 Å². The summed E-state index contributed by atoms with van der Waals surface area (Å²) in [6, 6.07) is 0. The van der Waals surface area contributed by atoms with Crippen LogP contribution in [0.3, 0.4) is 0 Å². The van der Waals surface area contributed by atoms with Crippen LogP contribution in [0.5, 0.6) is 0 Å². The van der Waals surface area contributed by atoms with Gasteiger partial charge in [0.1, 0.15) is 0 Å². The molecule has 0 aromatic heterocycles. The van der Waals surface area contributed by atoms with Gasteiger partial charge in [0.25, 0.3) is 0 Å². The molecule has 0 spiro atoms. The Bertz CT molecular complexity index is 527. The number of unbranched alkanes of at least 4 members (excludes halogenated alkanes) is 22. The number of hydrogen-bond acceptors (Lipinski definition) is 5. The second kappa shape index (κ2) is 37.2. The van der Waals surface area contributed by atoms with E-state index in [0.717, 1.165) is 43.4 Å². The van der Waals surface area contributed by atoms with Crippen LogP contribution in [0.2, 0.25) is 17.7 Å². The SMILES string of the molecule is CCCCCCC[CH2][Sn]([CH2]CCCCCCC)([O]OCCCC)[O][Sn]([CH2]CCCCCCC)([CH2]CCCCCCC)[O]OCCCC. The number of rotatable bonds is 40. The first-order chi connectivity index (χ1) is 23.1. The van der Waals surface area contributed by atoms with Crippen molar-refractivity contribution < 1.29 is 17.6 Å². The van der Waals surface area contributed by atoms with E-state index in [0.29, 0.717) is 13.2 Å². The van der Waals surface area contributed by atoms with Crippen LogP contribution < -0.4 is 0 Å². The quantitative estimate of drug-likeness (QED) is 0.0266. The van der Waals surface area contributed by atoms with E-state index < -0.39 is 38.4 Å². The molecule has 0 radical (unpaired) electrons. The van der Waals surface area contributed by atoms with Gasteiger partial charge in [-0.05, 0) is 0 Å². The standard InChI is InChI=1S/4C8H17.2C4H10O2.O.2Sn/c4*1-3-5-7-8-6-4-2;2*1-2-3-4-6-5;;;/h4*1,3-8H2,2H3;2*5H,2-4H2,1H3;;;/q;;;;;;;2*+1/p-2. The molecule has 0 rings (SSSR count). The van der Waals surface area contributed by atoms with Gasteiger partial charge in [-0.25, -0.2) is 0 Å². The summed E-state index contributed by atoms with van der Waals surface area (Å²) in [6.07, 6.45) is 35.5. The van der Waals surface area contributed by atoms with Crippen LogP contribution in [0.4, 0.5) is 0 Å². The van der Waals surface area contributed by atoms with Gasteiger partial charge in [-0.3, -0.25) is 0 Å². The van der Waals surface area contributed by atoms with Crippen LogP contribution >= 0.6 is 0 Å². The molecule has 0 atom stereocenters. The molecule has 0 aliphatic rings. The fourth-order valence-electron chi connectivity index (χ4n) is 6.40. The Morgan fingerprint density at radius 2 is 0.511 bits per heavy atom. The molecule has 0 saturated carbocycles. The van der Waals surface area contributed by atoms with E-state index >= 15 is 0 Å². The van der Waals surface area contributed by atoms with Crippen molar-refractivity contribution in [2.45, 2.75) is 239 Å². The topological polar surface area (TPSA) is 46.2 Å². The zero-order chi connectivity index (χ0) is 34.6. The predicted octanol–water partition coefficient (Wildman–Crippen LogP) is 14.8. The average molecular weight is 885 g/mol. The van der Waals surface area contributed by atoms with Crippen molar-refractivity contribution in [3.8, 4) is 0 Å². The van der Waals surface area contributed by atoms with E-state index in [1.165, 1.54) is 154 Å². The summed E-state index contributed by atoms with van der Waals surface area (Å²) >= 11 is -7.37. The maximum atomic E-state index is 7.82. The van der Waals surface area contributed by atoms with E-state index in [-0.39, 0.29) is 0 Å². The normalized spacial score (nSPS) is 12.4. The third-order valence-electron chi connectivity index (χ3n) is 9.60. The van der Waals surface area contributed by atoms with Crippen molar-refractivity contribution in [1.82, 2.24) is 0 Å². The summed E-state index contributed by atoms with van der Waals surface area (Å²) in [5.74, 6) is 0. The molecule has 5 nitrogen and oxygen atoms in total. The van der Waals surface area contributed by atoms with Gasteiger partial charge in [0.15, 0.2) is 0 Å². The third kappa shape index (κ3) is 29.7. The molecule has 0 fully saturated rings. The van der Waals surface area contributed by atoms with Crippen LogP contribution in [0.15, 0.2) is 0 Å². The van der Waals surface area contributed by atoms with Gasteiger partial charge in [-0.15, -0.1) is 0 Å². The second-order valence-electron chi connectivity index (χ2n) is 14.5. The molecule has 0 aromatic carbocycles. The Labute approximate surface area is 306 Å². The van der Waals surface area contributed by atoms with E-state index in [1.54, 1.807) is 0 Å². The van der Waals surface area contributed by atoms with Crippen LogP contribution in [-0.2, 0) is 17.6 Å².